The summed E-state index contributed by atoms with van der Waals surface area (Å²) in [7, 11) is 0. The zero-order valence-corrected chi connectivity index (χ0v) is 41.4. The van der Waals surface area contributed by atoms with Crippen LogP contribution in [0.2, 0.25) is 0 Å². The summed E-state index contributed by atoms with van der Waals surface area (Å²) in [5.74, 6) is -7.31. The molecule has 17 atom stereocenters. The van der Waals surface area contributed by atoms with Crippen LogP contribution in [0.1, 0.15) is 140 Å². The molecule has 4 N–H and O–H groups in total. The molecular weight excluding hydrogens is 828 g/mol. The minimum Gasteiger partial charge on any atom is -0.504 e. The number of rotatable bonds is 4. The van der Waals surface area contributed by atoms with E-state index in [2.05, 4.69) is 0 Å². The monoisotopic (exact) mass is 901 g/mol. The first-order valence-corrected chi connectivity index (χ1v) is 23.3. The minimum absolute atomic E-state index is 0. The van der Waals surface area contributed by atoms with E-state index in [1.54, 1.807) is 6.92 Å². The zero-order valence-electron chi connectivity index (χ0n) is 39.4. The third-order valence-corrected chi connectivity index (χ3v) is 15.5. The van der Waals surface area contributed by atoms with Gasteiger partial charge in [0.25, 0.3) is 0 Å². The molecule has 18 heteroatoms. The average molecular weight is 902 g/mol. The van der Waals surface area contributed by atoms with Crippen molar-refractivity contribution in [2.75, 3.05) is 0 Å². The van der Waals surface area contributed by atoms with E-state index in [1.165, 1.54) is 0 Å². The molecule has 0 aliphatic carbocycles. The van der Waals surface area contributed by atoms with Gasteiger partial charge in [0, 0.05) is 35.5 Å². The quantitative estimate of drug-likeness (QED) is 0.159. The van der Waals surface area contributed by atoms with Crippen molar-refractivity contribution < 1.29 is 101 Å². The molecule has 7 rings (SSSR count). The summed E-state index contributed by atoms with van der Waals surface area (Å²) in [5.41, 5.74) is 4.48. The van der Waals surface area contributed by atoms with E-state index in [-0.39, 0.29) is 48.0 Å². The van der Waals surface area contributed by atoms with Crippen LogP contribution in [-0.4, -0.2) is 120 Å². The zero-order chi connectivity index (χ0) is 45.2. The van der Waals surface area contributed by atoms with E-state index in [4.69, 9.17) is 52.8 Å². The third-order valence-electron chi connectivity index (χ3n) is 15.5. The largest absolute Gasteiger partial charge is 1.00 e. The van der Waals surface area contributed by atoms with Gasteiger partial charge < -0.3 is 63.0 Å². The van der Waals surface area contributed by atoms with Crippen molar-refractivity contribution in [3.63, 3.8) is 0 Å². The number of aliphatic hydroxyl groups is 2. The molecule has 0 aromatic rings. The Morgan fingerprint density at radius 2 is 1.33 bits per heavy atom. The molecule has 352 valence electrons. The van der Waals surface area contributed by atoms with Crippen molar-refractivity contribution >= 4 is 24.9 Å². The minimum atomic E-state index is -3.53. The maximum Gasteiger partial charge on any atom is 1.00 e. The maximum absolute atomic E-state index is 15.0. The normalized spacial score (nSPS) is 45.6. The van der Waals surface area contributed by atoms with Crippen LogP contribution in [0.4, 0.5) is 0 Å². The molecule has 0 saturated carbocycles. The van der Waals surface area contributed by atoms with E-state index in [0.717, 1.165) is 0 Å². The summed E-state index contributed by atoms with van der Waals surface area (Å²) in [6.07, 6.45) is -0.362. The number of fused-ring (bicyclic) bond motifs is 6. The fourth-order valence-electron chi connectivity index (χ4n) is 10.6. The van der Waals surface area contributed by atoms with Gasteiger partial charge in [0.05, 0.1) is 36.6 Å². The van der Waals surface area contributed by atoms with E-state index in [9.17, 15) is 19.8 Å². The first-order chi connectivity index (χ1) is 29.0. The second kappa shape index (κ2) is 19.4. The smallest absolute Gasteiger partial charge is 0.504 e. The van der Waals surface area contributed by atoms with Crippen LogP contribution in [0, 0.1) is 28.6 Å². The summed E-state index contributed by atoms with van der Waals surface area (Å²) >= 11 is 0. The molecule has 9 bridgehead atoms. The maximum atomic E-state index is 15.0. The van der Waals surface area contributed by atoms with Crippen molar-refractivity contribution in [2.45, 2.75) is 225 Å². The molecule has 6 fully saturated rings. The number of hydrogen-bond donors (Lipinski definition) is 3. The molecular formula is C45H73BNNaO15. The molecule has 16 nitrogen and oxygen atoms in total. The van der Waals surface area contributed by atoms with Crippen LogP contribution in [-0.2, 0) is 61.4 Å². The van der Waals surface area contributed by atoms with Gasteiger partial charge >= 0.3 is 54.4 Å². The number of hydrogen-bond acceptors (Lipinski definition) is 16. The van der Waals surface area contributed by atoms with Crippen molar-refractivity contribution in [3.05, 3.63) is 12.2 Å². The predicted octanol–water partition coefficient (Wildman–Crippen LogP) is 1.89. The third kappa shape index (κ3) is 9.76. The van der Waals surface area contributed by atoms with E-state index >= 15 is 4.79 Å². The SMILES string of the molecule is CC(C)[C@@H](N)C(=O)O[C@H](C)[C@@H]1C/C=C\CC[C@H](O)C(C)(C)[C@@H]2CC[C@@H](C)[C@@]3(O2)O[B-]24O[C@@H](C(=O)O1)[C@]1(O[C@@H](CC[C@H]1C)C(C)(C)[C@H](O)CCC[C@@H]1C[C@H](OC(=O)[C@@H]3O2)[C@@H](C)O1)O4.[Na+]. The molecule has 7 aliphatic rings. The number of esters is 3. The molecule has 0 amide bonds. The first-order valence-electron chi connectivity index (χ1n) is 23.3. The van der Waals surface area contributed by atoms with Gasteiger partial charge in [-0.25, -0.2) is 9.59 Å². The van der Waals surface area contributed by atoms with Crippen LogP contribution in [0.25, 0.3) is 0 Å². The molecule has 3 spiro atoms. The molecule has 7 aliphatic heterocycles. The predicted molar refractivity (Wildman–Crippen MR) is 223 cm³/mol. The second-order valence-corrected chi connectivity index (χ2v) is 20.9. The van der Waals surface area contributed by atoms with Gasteiger partial charge in [-0.1, -0.05) is 67.5 Å². The molecule has 0 aromatic heterocycles. The van der Waals surface area contributed by atoms with Crippen molar-refractivity contribution in [3.8, 4) is 0 Å². The van der Waals surface area contributed by atoms with Gasteiger partial charge in [0.2, 0.25) is 0 Å². The van der Waals surface area contributed by atoms with Gasteiger partial charge in [-0.2, -0.15) is 0 Å². The van der Waals surface area contributed by atoms with E-state index in [0.29, 0.717) is 64.2 Å². The molecule has 7 heterocycles. The van der Waals surface area contributed by atoms with Crippen molar-refractivity contribution in [2.24, 2.45) is 34.3 Å². The Bertz CT molecular complexity index is 1690. The molecule has 6 saturated heterocycles. The molecule has 1 unspecified atom stereocenters. The average Bonchev–Trinajstić information content (AvgIpc) is 3.84. The standard InChI is InChI=1S/C45H73BNO15.Na/c1-24(2)36(47)39(50)54-27(5)30-16-12-11-13-17-32(48)42(7,8)34-21-19-26(4)45(57-34)38-41(52)56-31-23-29(53-28(31)6)15-14-18-33(49)43(9,10)35-22-20-25(3)44(58-35)37(40(51)55-30)59-46(60-38,61-44)62-45;/h11-12,24-38,48-49H,13-23,47H2,1-10H3;/q-1;+1/b12-11-;/t25-,26-,27-,28-,29-,30+,31+,32+,33-,34+,35+,36-,37+,38+,44-,45-,46?;/m1./s1. The summed E-state index contributed by atoms with van der Waals surface area (Å²) in [4.78, 5) is 42.9. The molecule has 0 radical (unpaired) electrons. The number of carbonyl (C=O) groups is 3. The van der Waals surface area contributed by atoms with E-state index < -0.39 is 126 Å². The topological polar surface area (TPSA) is 210 Å². The summed E-state index contributed by atoms with van der Waals surface area (Å²) in [6.45, 7) is 15.1. The van der Waals surface area contributed by atoms with Gasteiger partial charge in [-0.15, -0.1) is 0 Å². The Morgan fingerprint density at radius 1 is 0.794 bits per heavy atom. The summed E-state index contributed by atoms with van der Waals surface area (Å²) < 4.78 is 66.0. The number of ether oxygens (including phenoxy) is 6. The second-order valence-electron chi connectivity index (χ2n) is 20.9. The Labute approximate surface area is 395 Å². The Morgan fingerprint density at radius 3 is 1.89 bits per heavy atom. The van der Waals surface area contributed by atoms with Crippen LogP contribution < -0.4 is 35.3 Å². The van der Waals surface area contributed by atoms with Crippen LogP contribution >= 0.6 is 0 Å². The van der Waals surface area contributed by atoms with Crippen molar-refractivity contribution in [1.29, 1.82) is 0 Å². The number of aliphatic hydroxyl groups excluding tert-OH is 2. The van der Waals surface area contributed by atoms with Gasteiger partial charge in [-0.3, -0.25) is 4.79 Å². The van der Waals surface area contributed by atoms with Crippen LogP contribution in [0.3, 0.4) is 0 Å². The number of cyclic esters (lactones) is 1. The van der Waals surface area contributed by atoms with Crippen LogP contribution in [0.15, 0.2) is 12.2 Å². The fraction of sp³-hybridized carbons (Fsp3) is 0.889. The number of allylic oxidation sites excluding steroid dienone is 1. The van der Waals surface area contributed by atoms with E-state index in [1.807, 2.05) is 74.5 Å². The Hall–Kier alpha value is -1.19. The van der Waals surface area contributed by atoms with Gasteiger partial charge in [-0.05, 0) is 77.6 Å². The number of carbonyl (C=O) groups excluding carboxylic acids is 3. The molecule has 0 aromatic carbocycles. The van der Waals surface area contributed by atoms with Crippen LogP contribution in [0.5, 0.6) is 0 Å². The summed E-state index contributed by atoms with van der Waals surface area (Å²) in [6, 6.07) is -0.902. The Kier molecular flexibility index (Phi) is 15.8. The summed E-state index contributed by atoms with van der Waals surface area (Å²) in [5, 5.41) is 23.6. The first kappa shape index (κ1) is 51.2. The number of nitrogens with two attached hydrogens (primary N) is 1. The van der Waals surface area contributed by atoms with Gasteiger partial charge in [0.15, 0.2) is 23.8 Å². The molecule has 63 heavy (non-hydrogen) atoms. The fourth-order valence-corrected chi connectivity index (χ4v) is 10.6. The van der Waals surface area contributed by atoms with Crippen molar-refractivity contribution in [1.82, 2.24) is 0 Å². The van der Waals surface area contributed by atoms with Gasteiger partial charge in [0.1, 0.15) is 24.4 Å². The Balaban J connectivity index is 0.00000661.